The molecule has 1 aromatic rings. The van der Waals surface area contributed by atoms with E-state index in [4.69, 9.17) is 4.74 Å². The van der Waals surface area contributed by atoms with Gasteiger partial charge in [0.25, 0.3) is 0 Å². The molecule has 7 heteroatoms. The highest BCUT2D eigenvalue weighted by Crippen LogP contribution is 2.26. The summed E-state index contributed by atoms with van der Waals surface area (Å²) in [7, 11) is -1.43. The number of sulfone groups is 1. The smallest absolute Gasteiger partial charge is 0.244 e. The number of carbonyl (C=O) groups excluding carboxylic acids is 1. The fraction of sp³-hybridized carbons (Fsp3) is 0.500. The minimum atomic E-state index is -3.06. The molecule has 23 heavy (non-hydrogen) atoms. The van der Waals surface area contributed by atoms with Crippen LogP contribution in [0.3, 0.4) is 0 Å². The van der Waals surface area contributed by atoms with Crippen molar-refractivity contribution in [3.05, 3.63) is 29.3 Å². The average Bonchev–Trinajstić information content (AvgIpc) is 2.92. The number of hydrogen-bond donors (Lipinski definition) is 1. The number of nitrogens with one attached hydrogen (secondary N) is 1. The SMILES string of the molecule is COc1ccc2c(c1)CCC/C2=N/NC(=O)[C@H]1CCS(=O)(=O)C1. The fourth-order valence-corrected chi connectivity index (χ4v) is 4.84. The van der Waals surface area contributed by atoms with Crippen molar-refractivity contribution in [1.82, 2.24) is 5.43 Å². The van der Waals surface area contributed by atoms with Gasteiger partial charge in [-0.3, -0.25) is 4.79 Å². The third kappa shape index (κ3) is 3.55. The van der Waals surface area contributed by atoms with E-state index in [1.807, 2.05) is 18.2 Å². The molecule has 0 radical (unpaired) electrons. The summed E-state index contributed by atoms with van der Waals surface area (Å²) in [6, 6.07) is 5.83. The van der Waals surface area contributed by atoms with Gasteiger partial charge in [-0.25, -0.2) is 13.8 Å². The Morgan fingerprint density at radius 1 is 1.35 bits per heavy atom. The van der Waals surface area contributed by atoms with Crippen molar-refractivity contribution in [2.45, 2.75) is 25.7 Å². The zero-order chi connectivity index (χ0) is 16.4. The van der Waals surface area contributed by atoms with E-state index in [2.05, 4.69) is 10.5 Å². The average molecular weight is 336 g/mol. The lowest BCUT2D eigenvalue weighted by Crippen LogP contribution is -2.29. The first-order valence-electron chi connectivity index (χ1n) is 7.72. The molecule has 0 spiro atoms. The van der Waals surface area contributed by atoms with Gasteiger partial charge in [-0.05, 0) is 49.4 Å². The van der Waals surface area contributed by atoms with Gasteiger partial charge in [0.1, 0.15) is 5.75 Å². The second-order valence-corrected chi connectivity index (χ2v) is 8.24. The van der Waals surface area contributed by atoms with E-state index in [1.165, 1.54) is 0 Å². The number of carbonyl (C=O) groups is 1. The molecule has 6 nitrogen and oxygen atoms in total. The van der Waals surface area contributed by atoms with E-state index in [0.717, 1.165) is 41.9 Å². The number of rotatable bonds is 3. The molecule has 1 N–H and O–H groups in total. The van der Waals surface area contributed by atoms with Gasteiger partial charge < -0.3 is 4.74 Å². The van der Waals surface area contributed by atoms with Gasteiger partial charge in [-0.15, -0.1) is 0 Å². The number of fused-ring (bicyclic) bond motifs is 1. The summed E-state index contributed by atoms with van der Waals surface area (Å²) in [5, 5.41) is 4.25. The molecule has 0 bridgehead atoms. The van der Waals surface area contributed by atoms with Crippen molar-refractivity contribution in [1.29, 1.82) is 0 Å². The number of benzene rings is 1. The number of ether oxygens (including phenoxy) is 1. The van der Waals surface area contributed by atoms with E-state index < -0.39 is 15.8 Å². The molecule has 1 aliphatic carbocycles. The van der Waals surface area contributed by atoms with E-state index in [9.17, 15) is 13.2 Å². The van der Waals surface area contributed by atoms with Crippen molar-refractivity contribution >= 4 is 21.5 Å². The van der Waals surface area contributed by atoms with Crippen LogP contribution in [0.1, 0.15) is 30.4 Å². The number of methoxy groups -OCH3 is 1. The third-order valence-corrected chi connectivity index (χ3v) is 6.16. The van der Waals surface area contributed by atoms with Crippen LogP contribution in [0.15, 0.2) is 23.3 Å². The van der Waals surface area contributed by atoms with Crippen LogP contribution in [0.25, 0.3) is 0 Å². The first-order valence-corrected chi connectivity index (χ1v) is 9.55. The van der Waals surface area contributed by atoms with Gasteiger partial charge in [0.15, 0.2) is 9.84 Å². The van der Waals surface area contributed by atoms with Crippen LogP contribution < -0.4 is 10.2 Å². The number of amides is 1. The fourth-order valence-electron chi connectivity index (χ4n) is 3.10. The maximum atomic E-state index is 12.1. The molecule has 1 heterocycles. The molecule has 2 aliphatic rings. The highest BCUT2D eigenvalue weighted by atomic mass is 32.2. The van der Waals surface area contributed by atoms with Crippen LogP contribution in [-0.4, -0.2) is 38.7 Å². The van der Waals surface area contributed by atoms with Gasteiger partial charge in [-0.1, -0.05) is 0 Å². The summed E-state index contributed by atoms with van der Waals surface area (Å²) in [6.45, 7) is 0. The van der Waals surface area contributed by atoms with E-state index in [0.29, 0.717) is 6.42 Å². The number of aryl methyl sites for hydroxylation is 1. The first kappa shape index (κ1) is 16.0. The van der Waals surface area contributed by atoms with Crippen LogP contribution in [0.4, 0.5) is 0 Å². The van der Waals surface area contributed by atoms with Gasteiger partial charge in [0.2, 0.25) is 5.91 Å². The van der Waals surface area contributed by atoms with E-state index in [-0.39, 0.29) is 17.4 Å². The topological polar surface area (TPSA) is 84.8 Å². The predicted octanol–water partition coefficient (Wildman–Crippen LogP) is 1.29. The van der Waals surface area contributed by atoms with Crippen LogP contribution in [-0.2, 0) is 21.1 Å². The Morgan fingerprint density at radius 2 is 2.17 bits per heavy atom. The summed E-state index contributed by atoms with van der Waals surface area (Å²) in [4.78, 5) is 12.1. The normalized spacial score (nSPS) is 24.2. The molecule has 1 amide bonds. The summed E-state index contributed by atoms with van der Waals surface area (Å²) in [5.41, 5.74) is 5.57. The molecule has 1 fully saturated rings. The van der Waals surface area contributed by atoms with Gasteiger partial charge in [0.05, 0.1) is 30.2 Å². The molecule has 1 aliphatic heterocycles. The molecule has 0 aromatic heterocycles. The molecular formula is C16H20N2O4S. The molecule has 1 atom stereocenters. The zero-order valence-electron chi connectivity index (χ0n) is 13.0. The second-order valence-electron chi connectivity index (χ2n) is 6.01. The monoisotopic (exact) mass is 336 g/mol. The maximum absolute atomic E-state index is 12.1. The highest BCUT2D eigenvalue weighted by molar-refractivity contribution is 7.91. The number of hydrazone groups is 1. The summed E-state index contributed by atoms with van der Waals surface area (Å²) >= 11 is 0. The molecule has 1 aromatic carbocycles. The second kappa shape index (κ2) is 6.31. The number of hydrogen-bond acceptors (Lipinski definition) is 5. The first-order chi connectivity index (χ1) is 11.0. The number of nitrogens with zero attached hydrogens (tertiary/aromatic N) is 1. The van der Waals surface area contributed by atoms with Crippen molar-refractivity contribution in [3.63, 3.8) is 0 Å². The Kier molecular flexibility index (Phi) is 4.39. The Labute approximate surface area is 135 Å². The summed E-state index contributed by atoms with van der Waals surface area (Å²) in [6.07, 6.45) is 3.10. The lowest BCUT2D eigenvalue weighted by molar-refractivity contribution is -0.124. The molecule has 3 rings (SSSR count). The third-order valence-electron chi connectivity index (χ3n) is 4.39. The van der Waals surface area contributed by atoms with Crippen LogP contribution in [0, 0.1) is 5.92 Å². The van der Waals surface area contributed by atoms with E-state index >= 15 is 0 Å². The zero-order valence-corrected chi connectivity index (χ0v) is 13.9. The standard InChI is InChI=1S/C16H20N2O4S/c1-22-13-5-6-14-11(9-13)3-2-4-15(14)17-18-16(19)12-7-8-23(20,21)10-12/h5-6,9,12H,2-4,7-8,10H2,1H3,(H,18,19)/b17-15-/t12-/m0/s1. The summed E-state index contributed by atoms with van der Waals surface area (Å²) in [5.74, 6) is 0.0366. The largest absolute Gasteiger partial charge is 0.497 e. The van der Waals surface area contributed by atoms with Crippen LogP contribution >= 0.6 is 0 Å². The summed E-state index contributed by atoms with van der Waals surface area (Å²) < 4.78 is 28.1. The van der Waals surface area contributed by atoms with Crippen molar-refractivity contribution in [2.24, 2.45) is 11.0 Å². The Bertz CT molecular complexity index is 755. The molecular weight excluding hydrogens is 316 g/mol. The lowest BCUT2D eigenvalue weighted by Gasteiger charge is -2.18. The minimum absolute atomic E-state index is 0.0720. The highest BCUT2D eigenvalue weighted by Gasteiger charge is 2.33. The van der Waals surface area contributed by atoms with Gasteiger partial charge >= 0.3 is 0 Å². The molecule has 124 valence electrons. The molecule has 1 saturated heterocycles. The minimum Gasteiger partial charge on any atom is -0.497 e. The van der Waals surface area contributed by atoms with Crippen molar-refractivity contribution in [3.8, 4) is 5.75 Å². The Morgan fingerprint density at radius 3 is 2.87 bits per heavy atom. The molecule has 0 unspecified atom stereocenters. The molecule has 0 saturated carbocycles. The van der Waals surface area contributed by atoms with E-state index in [1.54, 1.807) is 7.11 Å². The van der Waals surface area contributed by atoms with Gasteiger partial charge in [-0.2, -0.15) is 5.10 Å². The van der Waals surface area contributed by atoms with Gasteiger partial charge in [0, 0.05) is 5.56 Å². The maximum Gasteiger partial charge on any atom is 0.244 e. The van der Waals surface area contributed by atoms with Crippen LogP contribution in [0.2, 0.25) is 0 Å². The Hall–Kier alpha value is -1.89. The van der Waals surface area contributed by atoms with Crippen molar-refractivity contribution in [2.75, 3.05) is 18.6 Å². The Balaban J connectivity index is 1.73. The van der Waals surface area contributed by atoms with Crippen LogP contribution in [0.5, 0.6) is 5.75 Å². The van der Waals surface area contributed by atoms with Crippen molar-refractivity contribution < 1.29 is 17.9 Å². The quantitative estimate of drug-likeness (QED) is 0.843. The predicted molar refractivity (Wildman–Crippen MR) is 87.4 cm³/mol. The lowest BCUT2D eigenvalue weighted by atomic mass is 9.90.